The van der Waals surface area contributed by atoms with E-state index in [2.05, 4.69) is 33.7 Å². The van der Waals surface area contributed by atoms with Crippen molar-refractivity contribution in [1.82, 2.24) is 14.8 Å². The zero-order chi connectivity index (χ0) is 20.8. The molecule has 0 aliphatic heterocycles. The molecule has 0 radical (unpaired) electrons. The van der Waals surface area contributed by atoms with Gasteiger partial charge in [-0.1, -0.05) is 55.1 Å². The van der Waals surface area contributed by atoms with E-state index in [0.717, 1.165) is 29.0 Å². The number of anilines is 2. The molecule has 29 heavy (non-hydrogen) atoms. The highest BCUT2D eigenvalue weighted by Crippen LogP contribution is 2.27. The van der Waals surface area contributed by atoms with Crippen LogP contribution in [0.1, 0.15) is 36.1 Å². The number of nitrogens with one attached hydrogen (secondary N) is 1. The van der Waals surface area contributed by atoms with Crippen molar-refractivity contribution in [3.63, 3.8) is 0 Å². The van der Waals surface area contributed by atoms with Crippen molar-refractivity contribution in [2.75, 3.05) is 16.8 Å². The van der Waals surface area contributed by atoms with Gasteiger partial charge in [0.25, 0.3) is 0 Å². The van der Waals surface area contributed by atoms with Crippen molar-refractivity contribution in [3.05, 3.63) is 65.2 Å². The summed E-state index contributed by atoms with van der Waals surface area (Å²) in [6, 6.07) is 15.8. The van der Waals surface area contributed by atoms with Gasteiger partial charge in [0.15, 0.2) is 5.16 Å². The number of carbonyl (C=O) groups is 1. The predicted molar refractivity (Wildman–Crippen MR) is 119 cm³/mol. The standard InChI is InChI=1S/C22H27N5OS/c1-4-19(20(28)24-18-13-15(2)12-16(3)14-18)27-21(23)25-26-22(27)29-11-10-17-8-6-5-7-9-17/h5-9,12-14,19H,4,10-11H2,1-3H3,(H2,23,25)(H,24,28). The first-order valence-electron chi connectivity index (χ1n) is 9.74. The number of benzene rings is 2. The smallest absolute Gasteiger partial charge is 0.247 e. The van der Waals surface area contributed by atoms with Crippen LogP contribution >= 0.6 is 11.8 Å². The molecule has 3 aromatic rings. The van der Waals surface area contributed by atoms with Gasteiger partial charge in [-0.25, -0.2) is 0 Å². The summed E-state index contributed by atoms with van der Waals surface area (Å²) in [6.45, 7) is 5.99. The maximum atomic E-state index is 13.0. The highest BCUT2D eigenvalue weighted by atomic mass is 32.2. The molecule has 1 atom stereocenters. The lowest BCUT2D eigenvalue weighted by molar-refractivity contribution is -0.119. The van der Waals surface area contributed by atoms with Crippen LogP contribution in [-0.2, 0) is 11.2 Å². The summed E-state index contributed by atoms with van der Waals surface area (Å²) in [5.74, 6) is 0.973. The second kappa shape index (κ2) is 9.60. The Morgan fingerprint density at radius 2 is 1.83 bits per heavy atom. The maximum absolute atomic E-state index is 13.0. The average Bonchev–Trinajstić information content (AvgIpc) is 3.03. The molecular weight excluding hydrogens is 382 g/mol. The van der Waals surface area contributed by atoms with E-state index in [9.17, 15) is 4.79 Å². The molecule has 0 bridgehead atoms. The van der Waals surface area contributed by atoms with Gasteiger partial charge in [0, 0.05) is 11.4 Å². The summed E-state index contributed by atoms with van der Waals surface area (Å²) in [5, 5.41) is 11.9. The summed E-state index contributed by atoms with van der Waals surface area (Å²) in [4.78, 5) is 13.0. The third kappa shape index (κ3) is 5.38. The van der Waals surface area contributed by atoms with E-state index in [-0.39, 0.29) is 11.9 Å². The van der Waals surface area contributed by atoms with Crippen molar-refractivity contribution in [1.29, 1.82) is 0 Å². The Labute approximate surface area is 175 Å². The fourth-order valence-corrected chi connectivity index (χ4v) is 4.32. The summed E-state index contributed by atoms with van der Waals surface area (Å²) < 4.78 is 1.74. The van der Waals surface area contributed by atoms with Gasteiger partial charge in [-0.05, 0) is 55.5 Å². The normalized spacial score (nSPS) is 12.0. The zero-order valence-corrected chi connectivity index (χ0v) is 17.9. The predicted octanol–water partition coefficient (Wildman–Crippen LogP) is 4.40. The topological polar surface area (TPSA) is 85.8 Å². The first kappa shape index (κ1) is 20.9. The van der Waals surface area contributed by atoms with Crippen LogP contribution in [-0.4, -0.2) is 26.4 Å². The van der Waals surface area contributed by atoms with Gasteiger partial charge in [-0.2, -0.15) is 0 Å². The first-order valence-corrected chi connectivity index (χ1v) is 10.7. The monoisotopic (exact) mass is 409 g/mol. The largest absolute Gasteiger partial charge is 0.368 e. The Morgan fingerprint density at radius 1 is 1.14 bits per heavy atom. The number of hydrogen-bond acceptors (Lipinski definition) is 5. The number of nitrogens with zero attached hydrogens (tertiary/aromatic N) is 3. The molecule has 1 unspecified atom stereocenters. The number of carbonyl (C=O) groups excluding carboxylic acids is 1. The van der Waals surface area contributed by atoms with Crippen LogP contribution in [0.4, 0.5) is 11.6 Å². The van der Waals surface area contributed by atoms with Gasteiger partial charge < -0.3 is 11.1 Å². The van der Waals surface area contributed by atoms with Crippen molar-refractivity contribution < 1.29 is 4.79 Å². The fourth-order valence-electron chi connectivity index (χ4n) is 3.34. The van der Waals surface area contributed by atoms with E-state index in [4.69, 9.17) is 5.73 Å². The number of nitrogen functional groups attached to an aromatic ring is 1. The Hall–Kier alpha value is -2.80. The second-order valence-electron chi connectivity index (χ2n) is 7.08. The quantitative estimate of drug-likeness (QED) is 0.539. The molecular formula is C22H27N5OS. The van der Waals surface area contributed by atoms with Crippen molar-refractivity contribution in [3.8, 4) is 0 Å². The molecule has 1 amide bonds. The molecule has 2 aromatic carbocycles. The molecule has 3 N–H and O–H groups in total. The number of hydrogen-bond donors (Lipinski definition) is 2. The molecule has 0 saturated carbocycles. The third-order valence-corrected chi connectivity index (χ3v) is 5.59. The van der Waals surface area contributed by atoms with Gasteiger partial charge in [0.1, 0.15) is 6.04 Å². The Bertz CT molecular complexity index is 950. The van der Waals surface area contributed by atoms with Gasteiger partial charge >= 0.3 is 0 Å². The fraction of sp³-hybridized carbons (Fsp3) is 0.318. The van der Waals surface area contributed by atoms with Crippen LogP contribution < -0.4 is 11.1 Å². The van der Waals surface area contributed by atoms with Crippen LogP contribution in [0.25, 0.3) is 0 Å². The Kier molecular flexibility index (Phi) is 6.93. The molecule has 1 aromatic heterocycles. The lowest BCUT2D eigenvalue weighted by atomic mass is 10.1. The number of thioether (sulfide) groups is 1. The van der Waals surface area contributed by atoms with Crippen LogP contribution in [0.15, 0.2) is 53.7 Å². The molecule has 0 aliphatic rings. The SMILES string of the molecule is CCC(C(=O)Nc1cc(C)cc(C)c1)n1c(N)nnc1SCCc1ccccc1. The average molecular weight is 410 g/mol. The molecule has 6 nitrogen and oxygen atoms in total. The van der Waals surface area contributed by atoms with Crippen LogP contribution in [0.3, 0.4) is 0 Å². The van der Waals surface area contributed by atoms with E-state index < -0.39 is 6.04 Å². The van der Waals surface area contributed by atoms with E-state index in [1.807, 2.05) is 51.1 Å². The van der Waals surface area contributed by atoms with E-state index in [1.54, 1.807) is 16.3 Å². The summed E-state index contributed by atoms with van der Waals surface area (Å²) in [5.41, 5.74) is 10.3. The maximum Gasteiger partial charge on any atom is 0.247 e. The second-order valence-corrected chi connectivity index (χ2v) is 8.15. The van der Waals surface area contributed by atoms with Gasteiger partial charge in [0.05, 0.1) is 0 Å². The van der Waals surface area contributed by atoms with Crippen LogP contribution in [0, 0.1) is 13.8 Å². The highest BCUT2D eigenvalue weighted by molar-refractivity contribution is 7.99. The van der Waals surface area contributed by atoms with Crippen molar-refractivity contribution in [2.24, 2.45) is 0 Å². The highest BCUT2D eigenvalue weighted by Gasteiger charge is 2.25. The third-order valence-electron chi connectivity index (χ3n) is 4.65. The summed E-state index contributed by atoms with van der Waals surface area (Å²) in [6.07, 6.45) is 1.49. The lowest BCUT2D eigenvalue weighted by Gasteiger charge is -2.19. The number of rotatable bonds is 8. The summed E-state index contributed by atoms with van der Waals surface area (Å²) in [7, 11) is 0. The molecule has 7 heteroatoms. The summed E-state index contributed by atoms with van der Waals surface area (Å²) >= 11 is 1.56. The molecule has 152 valence electrons. The Balaban J connectivity index is 1.73. The van der Waals surface area contributed by atoms with E-state index in [1.165, 1.54) is 5.56 Å². The molecule has 0 saturated heterocycles. The van der Waals surface area contributed by atoms with E-state index in [0.29, 0.717) is 11.6 Å². The van der Waals surface area contributed by atoms with Gasteiger partial charge in [-0.15, -0.1) is 10.2 Å². The van der Waals surface area contributed by atoms with Gasteiger partial charge in [0.2, 0.25) is 11.9 Å². The molecule has 0 aliphatic carbocycles. The number of aryl methyl sites for hydroxylation is 3. The Morgan fingerprint density at radius 3 is 2.48 bits per heavy atom. The van der Waals surface area contributed by atoms with Crippen LogP contribution in [0.5, 0.6) is 0 Å². The van der Waals surface area contributed by atoms with Crippen molar-refractivity contribution in [2.45, 2.75) is 44.8 Å². The molecule has 0 fully saturated rings. The lowest BCUT2D eigenvalue weighted by Crippen LogP contribution is -2.27. The minimum absolute atomic E-state index is 0.117. The van der Waals surface area contributed by atoms with Gasteiger partial charge in [-0.3, -0.25) is 9.36 Å². The molecule has 0 spiro atoms. The number of amides is 1. The number of aromatic nitrogens is 3. The zero-order valence-electron chi connectivity index (χ0n) is 17.1. The molecule has 3 rings (SSSR count). The number of nitrogens with two attached hydrogens (primary N) is 1. The van der Waals surface area contributed by atoms with Crippen LogP contribution in [0.2, 0.25) is 0 Å². The minimum Gasteiger partial charge on any atom is -0.368 e. The van der Waals surface area contributed by atoms with E-state index >= 15 is 0 Å². The first-order chi connectivity index (χ1) is 14.0. The minimum atomic E-state index is -0.468. The van der Waals surface area contributed by atoms with Crippen molar-refractivity contribution >= 4 is 29.3 Å². The molecule has 1 heterocycles.